The molecule has 0 unspecified atom stereocenters. The van der Waals surface area contributed by atoms with Crippen LogP contribution in [-0.4, -0.2) is 151 Å². The number of hydrogen-bond donors (Lipinski definition) is 6. The molecule has 34 heteroatoms. The summed E-state index contributed by atoms with van der Waals surface area (Å²) in [4.78, 5) is 121. The van der Waals surface area contributed by atoms with Crippen LogP contribution in [0, 0.1) is 37.1 Å². The first-order valence-corrected chi connectivity index (χ1v) is 36.7. The highest BCUT2D eigenvalue weighted by Gasteiger charge is 2.37. The first-order chi connectivity index (χ1) is 58.3. The van der Waals surface area contributed by atoms with Crippen molar-refractivity contribution in [2.24, 2.45) is 15.0 Å². The molecule has 0 aliphatic carbocycles. The van der Waals surface area contributed by atoms with E-state index in [-0.39, 0.29) is 74.4 Å². The number of carbonyl (C=O) groups excluding carboxylic acids is 6. The smallest absolute Gasteiger partial charge is 0.274 e. The van der Waals surface area contributed by atoms with Gasteiger partial charge < -0.3 is 46.1 Å². The van der Waals surface area contributed by atoms with Crippen LogP contribution in [0.2, 0.25) is 0 Å². The van der Waals surface area contributed by atoms with Gasteiger partial charge in [0.2, 0.25) is 36.1 Å². The van der Waals surface area contributed by atoms with E-state index in [0.29, 0.717) is 78.6 Å². The molecule has 0 radical (unpaired) electrons. The summed E-state index contributed by atoms with van der Waals surface area (Å²) in [6, 6.07) is 56.7. The maximum atomic E-state index is 14.9. The molecule has 6 aromatic carbocycles. The third kappa shape index (κ3) is 15.5. The molecule has 3 aliphatic rings. The summed E-state index contributed by atoms with van der Waals surface area (Å²) in [7, 11) is 4.33. The van der Waals surface area contributed by atoms with Crippen LogP contribution >= 0.6 is 0 Å². The zero-order chi connectivity index (χ0) is 83.4. The number of aliphatic imine (C=N–C) groups is 3. The number of aromatic nitrogens is 12. The lowest BCUT2D eigenvalue weighted by Crippen LogP contribution is -2.43. The number of anilines is 3. The van der Waals surface area contributed by atoms with Crippen molar-refractivity contribution < 1.29 is 60.5 Å². The first kappa shape index (κ1) is 77.5. The Balaban J connectivity index is 0.000000134. The van der Waals surface area contributed by atoms with E-state index < -0.39 is 77.2 Å². The number of hydrogen-bond acceptors (Lipinski definition) is 21. The average molecular weight is 1610 g/mol. The number of benzene rings is 6. The number of aryl methyl sites for hydroxylation is 2. The number of para-hydroxylation sites is 3. The summed E-state index contributed by atoms with van der Waals surface area (Å²) in [6.07, 6.45) is 2.97. The minimum absolute atomic E-state index is 0.00196. The molecule has 6 amide bonds. The Kier molecular flexibility index (Phi) is 21.4. The van der Waals surface area contributed by atoms with E-state index >= 15 is 0 Å². The molecule has 18 rings (SSSR count). The molecule has 0 saturated carbocycles. The molecule has 0 bridgehead atoms. The Morgan fingerprint density at radius 3 is 1.12 bits per heavy atom. The average Bonchev–Trinajstić information content (AvgIpc) is 1.63. The molecule has 594 valence electrons. The van der Waals surface area contributed by atoms with E-state index in [2.05, 4.69) is 92.1 Å². The summed E-state index contributed by atoms with van der Waals surface area (Å²) in [6.45, 7) is 3.72. The Hall–Kier alpha value is -16.4. The quantitative estimate of drug-likeness (QED) is 0.0519. The van der Waals surface area contributed by atoms with E-state index in [4.69, 9.17) is 14.2 Å². The van der Waals surface area contributed by atoms with Gasteiger partial charge in [0.15, 0.2) is 39.8 Å². The Labute approximate surface area is 676 Å². The number of imidazole rings is 3. The fraction of sp³-hybridized carbons (Fsp3) is 0.0930. The second-order valence-electron chi connectivity index (χ2n) is 26.8. The van der Waals surface area contributed by atoms with Crippen LogP contribution in [0.25, 0.3) is 50.7 Å². The van der Waals surface area contributed by atoms with Crippen molar-refractivity contribution in [2.75, 3.05) is 37.3 Å². The van der Waals surface area contributed by atoms with Gasteiger partial charge in [-0.3, -0.25) is 43.7 Å². The molecule has 0 saturated heterocycles. The van der Waals surface area contributed by atoms with Gasteiger partial charge in [0.1, 0.15) is 34.5 Å². The van der Waals surface area contributed by atoms with Crippen molar-refractivity contribution in [1.29, 1.82) is 0 Å². The van der Waals surface area contributed by atoms with Gasteiger partial charge in [0.25, 0.3) is 35.4 Å². The molecule has 0 fully saturated rings. The predicted octanol–water partition coefficient (Wildman–Crippen LogP) is 11.2. The number of ether oxygens (including phenoxy) is 3. The van der Waals surface area contributed by atoms with Gasteiger partial charge in [-0.15, -0.1) is 15.3 Å². The maximum Gasteiger partial charge on any atom is 0.274 e. The van der Waals surface area contributed by atoms with Gasteiger partial charge in [-0.05, 0) is 80.1 Å². The van der Waals surface area contributed by atoms with Crippen LogP contribution in [0.5, 0.6) is 17.6 Å². The van der Waals surface area contributed by atoms with Crippen molar-refractivity contribution in [1.82, 2.24) is 74.7 Å². The molecule has 12 heterocycles. The van der Waals surface area contributed by atoms with Crippen LogP contribution in [-0.2, 0) is 14.4 Å². The molecule has 0 spiro atoms. The van der Waals surface area contributed by atoms with E-state index in [9.17, 15) is 46.3 Å². The van der Waals surface area contributed by atoms with Crippen molar-refractivity contribution in [3.05, 3.63) is 322 Å². The van der Waals surface area contributed by atoms with E-state index in [1.54, 1.807) is 128 Å². The Morgan fingerprint density at radius 2 is 0.758 bits per heavy atom. The number of halogens is 4. The standard InChI is InChI=1S/2C29H22FN7O3.C28H19F2N7O3/c1-16-13-18(15-31-14-16)24-26(37-21(32-24)11-12-22(36-37)40-2)28(38)35-27-29(39)34-25-19(9-6-10-20(25)30)23(33-27)17-7-4-3-5-8-17;1-16-11-12-18(15-31-16)24-26(37-21(32-24)13-14-22(36-37)40-2)28(38)35-27-29(39)34-25-19(9-6-10-20(25)30)23(33-27)17-7-4-3-5-8-17;1-40-21-11-10-20-32-24(16-12-13-31-14-19(16)30)25(37(20)36-21)27(38)35-26-28(39)34-23-17(8-5-9-18(23)29)22(33-26)15-6-3-2-4-7-15/h2*3-15,27H,1-2H3,(H,34,39)(H,35,38);2-14,26H,1H3,(H,34,39)(H,35,38)/t2*27-;26-/m111/s1. The van der Waals surface area contributed by atoms with Crippen molar-refractivity contribution in [3.8, 4) is 51.4 Å². The fourth-order valence-electron chi connectivity index (χ4n) is 13.4. The second kappa shape index (κ2) is 33.2. The van der Waals surface area contributed by atoms with Crippen LogP contribution in [0.1, 0.15) is 76.1 Å². The van der Waals surface area contributed by atoms with E-state index in [0.717, 1.165) is 17.5 Å². The van der Waals surface area contributed by atoms with Crippen LogP contribution < -0.4 is 46.1 Å². The minimum atomic E-state index is -1.49. The summed E-state index contributed by atoms with van der Waals surface area (Å²) in [5, 5.41) is 28.7. The summed E-state index contributed by atoms with van der Waals surface area (Å²) >= 11 is 0. The number of amides is 6. The molecule has 120 heavy (non-hydrogen) atoms. The van der Waals surface area contributed by atoms with Crippen LogP contribution in [0.3, 0.4) is 0 Å². The number of fused-ring (bicyclic) bond motifs is 6. The lowest BCUT2D eigenvalue weighted by molar-refractivity contribution is -0.118. The second-order valence-corrected chi connectivity index (χ2v) is 26.8. The Morgan fingerprint density at radius 1 is 0.375 bits per heavy atom. The van der Waals surface area contributed by atoms with Crippen LogP contribution in [0.15, 0.2) is 252 Å². The third-order valence-corrected chi connectivity index (χ3v) is 19.0. The van der Waals surface area contributed by atoms with Gasteiger partial charge >= 0.3 is 0 Å². The maximum absolute atomic E-state index is 14.9. The number of carbonyl (C=O) groups is 6. The van der Waals surface area contributed by atoms with Gasteiger partial charge in [0.05, 0.1) is 61.7 Å². The summed E-state index contributed by atoms with van der Waals surface area (Å²) in [5.41, 5.74) is 8.26. The van der Waals surface area contributed by atoms with Crippen molar-refractivity contribution in [2.45, 2.75) is 32.3 Å². The third-order valence-electron chi connectivity index (χ3n) is 19.0. The molecule has 9 aromatic heterocycles. The summed E-state index contributed by atoms with van der Waals surface area (Å²) in [5.74, 6) is -6.28. The highest BCUT2D eigenvalue weighted by atomic mass is 19.1. The molecular formula is C86H63F4N21O9. The highest BCUT2D eigenvalue weighted by Crippen LogP contribution is 2.35. The first-order valence-electron chi connectivity index (χ1n) is 36.7. The van der Waals surface area contributed by atoms with Gasteiger partial charge in [-0.1, -0.05) is 127 Å². The molecule has 30 nitrogen and oxygen atoms in total. The monoisotopic (exact) mass is 1610 g/mol. The number of nitrogens with zero attached hydrogens (tertiary/aromatic N) is 15. The SMILES string of the molecule is COc1ccc2nc(-c3ccc(C)nc3)c(C(=O)N[C@H]3N=C(c4ccccc4)c4cccc(F)c4NC3=O)n2n1.COc1ccc2nc(-c3ccncc3F)c(C(=O)N[C@H]3N=C(c4ccccc4)c4cccc(F)c4NC3=O)n2n1.COc1ccc2nc(-c3cncc(C)c3)c(C(=O)N[C@H]3N=C(c4ccccc4)c4cccc(F)c4NC3=O)n2n1. The molecule has 15 aromatic rings. The van der Waals surface area contributed by atoms with Crippen molar-refractivity contribution >= 4 is 86.6 Å². The minimum Gasteiger partial charge on any atom is -0.480 e. The topological polar surface area (TPSA) is 369 Å². The highest BCUT2D eigenvalue weighted by molar-refractivity contribution is 6.22. The lowest BCUT2D eigenvalue weighted by atomic mass is 10.0. The van der Waals surface area contributed by atoms with Gasteiger partial charge in [0, 0.05) is 98.8 Å². The number of rotatable bonds is 15. The number of benzodiazepines with no additional fused rings is 3. The molecule has 3 aliphatic heterocycles. The summed E-state index contributed by atoms with van der Waals surface area (Å²) < 4.78 is 78.9. The zero-order valence-corrected chi connectivity index (χ0v) is 63.6. The molecule has 3 atom stereocenters. The van der Waals surface area contributed by atoms with E-state index in [1.807, 2.05) is 62.4 Å². The van der Waals surface area contributed by atoms with Gasteiger partial charge in [-0.2, -0.15) is 0 Å². The Bertz CT molecular complexity index is 6710. The largest absolute Gasteiger partial charge is 0.480 e. The van der Waals surface area contributed by atoms with E-state index in [1.165, 1.54) is 89.6 Å². The van der Waals surface area contributed by atoms with Gasteiger partial charge in [-0.25, -0.2) is 61.0 Å². The predicted molar refractivity (Wildman–Crippen MR) is 433 cm³/mol. The number of nitrogens with one attached hydrogen (secondary N) is 6. The van der Waals surface area contributed by atoms with Crippen LogP contribution in [0.4, 0.5) is 34.6 Å². The zero-order valence-electron chi connectivity index (χ0n) is 63.6. The van der Waals surface area contributed by atoms with Crippen molar-refractivity contribution in [3.63, 3.8) is 0 Å². The fourth-order valence-corrected chi connectivity index (χ4v) is 13.4. The molecular weight excluding hydrogens is 1550 g/mol. The normalized spacial score (nSPS) is 14.6. The lowest BCUT2D eigenvalue weighted by Gasteiger charge is -2.14. The number of methoxy groups -OCH3 is 3. The number of pyridine rings is 3. The molecule has 6 N–H and O–H groups in total.